The highest BCUT2D eigenvalue weighted by Crippen LogP contribution is 2.32. The van der Waals surface area contributed by atoms with Crippen molar-refractivity contribution in [1.82, 2.24) is 4.98 Å². The van der Waals surface area contributed by atoms with E-state index >= 15 is 0 Å². The van der Waals surface area contributed by atoms with Crippen molar-refractivity contribution in [2.75, 3.05) is 0 Å². The summed E-state index contributed by atoms with van der Waals surface area (Å²) in [7, 11) is 0. The van der Waals surface area contributed by atoms with Crippen LogP contribution in [0.2, 0.25) is 0 Å². The highest BCUT2D eigenvalue weighted by atomic mass is 16.3. The number of aryl methyl sites for hydroxylation is 1. The Morgan fingerprint density at radius 2 is 1.83 bits per heavy atom. The first kappa shape index (κ1) is 11.4. The molecule has 0 saturated carbocycles. The molecule has 0 bridgehead atoms. The van der Waals surface area contributed by atoms with Crippen LogP contribution >= 0.6 is 0 Å². The van der Waals surface area contributed by atoms with Crippen LogP contribution in [0, 0.1) is 0 Å². The molecule has 2 aromatic rings. The van der Waals surface area contributed by atoms with Crippen molar-refractivity contribution in [3.8, 4) is 11.1 Å². The van der Waals surface area contributed by atoms with Gasteiger partial charge in [-0.05, 0) is 54.0 Å². The Labute approximate surface area is 107 Å². The maximum absolute atomic E-state index is 9.47. The van der Waals surface area contributed by atoms with E-state index in [1.54, 1.807) is 0 Å². The highest BCUT2D eigenvalue weighted by molar-refractivity contribution is 5.71. The third-order valence-corrected chi connectivity index (χ3v) is 3.71. The molecule has 0 spiro atoms. The number of aliphatic hydroxyl groups excluding tert-OH is 1. The van der Waals surface area contributed by atoms with E-state index in [2.05, 4.69) is 17.1 Å². The van der Waals surface area contributed by atoms with Crippen molar-refractivity contribution in [3.63, 3.8) is 0 Å². The average molecular weight is 239 g/mol. The van der Waals surface area contributed by atoms with Crippen LogP contribution in [0.1, 0.15) is 29.7 Å². The van der Waals surface area contributed by atoms with Crippen LogP contribution in [0.25, 0.3) is 11.1 Å². The molecule has 0 aliphatic heterocycles. The van der Waals surface area contributed by atoms with Crippen molar-refractivity contribution < 1.29 is 5.11 Å². The first-order valence-corrected chi connectivity index (χ1v) is 6.56. The van der Waals surface area contributed by atoms with Crippen LogP contribution in [0.15, 0.2) is 36.5 Å². The van der Waals surface area contributed by atoms with Gasteiger partial charge in [0.05, 0.1) is 6.61 Å². The summed E-state index contributed by atoms with van der Waals surface area (Å²) in [5.41, 5.74) is 6.03. The van der Waals surface area contributed by atoms with Gasteiger partial charge < -0.3 is 5.11 Å². The Hall–Kier alpha value is -1.67. The zero-order valence-electron chi connectivity index (χ0n) is 10.4. The molecule has 1 aliphatic carbocycles. The molecule has 92 valence electrons. The third kappa shape index (κ3) is 1.93. The number of fused-ring (bicyclic) bond motifs is 1. The van der Waals surface area contributed by atoms with E-state index in [1.165, 1.54) is 29.7 Å². The van der Waals surface area contributed by atoms with Crippen molar-refractivity contribution in [3.05, 3.63) is 53.3 Å². The summed E-state index contributed by atoms with van der Waals surface area (Å²) in [5.74, 6) is 0. The molecular weight excluding hydrogens is 222 g/mol. The molecule has 0 saturated heterocycles. The number of hydrogen-bond acceptors (Lipinski definition) is 2. The second-order valence-corrected chi connectivity index (χ2v) is 4.81. The zero-order valence-corrected chi connectivity index (χ0v) is 10.4. The largest absolute Gasteiger partial charge is 0.392 e. The fourth-order valence-corrected chi connectivity index (χ4v) is 2.80. The number of hydrogen-bond donors (Lipinski definition) is 1. The molecule has 3 rings (SSSR count). The normalized spacial score (nSPS) is 14.3. The first-order valence-electron chi connectivity index (χ1n) is 6.56. The Kier molecular flexibility index (Phi) is 3.11. The Balaban J connectivity index is 2.17. The molecular formula is C16H17NO. The minimum atomic E-state index is 0.0905. The number of aliphatic hydroxyl groups is 1. The zero-order chi connectivity index (χ0) is 12.4. The summed E-state index contributed by atoms with van der Waals surface area (Å²) in [5, 5.41) is 9.47. The van der Waals surface area contributed by atoms with Gasteiger partial charge in [-0.15, -0.1) is 0 Å². The second-order valence-electron chi connectivity index (χ2n) is 4.81. The molecule has 1 N–H and O–H groups in total. The highest BCUT2D eigenvalue weighted by Gasteiger charge is 2.16. The van der Waals surface area contributed by atoms with Gasteiger partial charge in [0.25, 0.3) is 0 Å². The molecule has 0 radical (unpaired) electrons. The molecule has 1 aliphatic rings. The molecule has 0 atom stereocenters. The maximum Gasteiger partial charge on any atom is 0.0687 e. The summed E-state index contributed by atoms with van der Waals surface area (Å²) in [6.07, 6.45) is 6.58. The fraction of sp³-hybridized carbons (Fsp3) is 0.312. The lowest BCUT2D eigenvalue weighted by atomic mass is 9.88. The molecule has 1 aromatic carbocycles. The van der Waals surface area contributed by atoms with Gasteiger partial charge in [-0.25, -0.2) is 0 Å². The van der Waals surface area contributed by atoms with Gasteiger partial charge in [0.1, 0.15) is 0 Å². The Morgan fingerprint density at radius 1 is 1.00 bits per heavy atom. The predicted octanol–water partition coefficient (Wildman–Crippen LogP) is 3.12. The van der Waals surface area contributed by atoms with Gasteiger partial charge in [-0.2, -0.15) is 0 Å². The van der Waals surface area contributed by atoms with Crippen LogP contribution < -0.4 is 0 Å². The summed E-state index contributed by atoms with van der Waals surface area (Å²) >= 11 is 0. The van der Waals surface area contributed by atoms with Crippen molar-refractivity contribution in [2.45, 2.75) is 32.3 Å². The van der Waals surface area contributed by atoms with Crippen molar-refractivity contribution >= 4 is 0 Å². The topological polar surface area (TPSA) is 33.1 Å². The molecule has 0 amide bonds. The van der Waals surface area contributed by atoms with E-state index in [4.69, 9.17) is 0 Å². The fourth-order valence-electron chi connectivity index (χ4n) is 2.80. The number of rotatable bonds is 2. The smallest absolute Gasteiger partial charge is 0.0687 e. The second kappa shape index (κ2) is 4.91. The van der Waals surface area contributed by atoms with E-state index in [-0.39, 0.29) is 6.61 Å². The molecule has 1 heterocycles. The van der Waals surface area contributed by atoms with Gasteiger partial charge in [0, 0.05) is 11.9 Å². The SMILES string of the molecule is OCc1ccccc1-c1ccnc2c1CCCC2. The number of aromatic nitrogens is 1. The van der Waals surface area contributed by atoms with E-state index < -0.39 is 0 Å². The van der Waals surface area contributed by atoms with E-state index in [9.17, 15) is 5.11 Å². The van der Waals surface area contributed by atoms with Crippen LogP contribution in [-0.4, -0.2) is 10.1 Å². The predicted molar refractivity (Wildman–Crippen MR) is 72.2 cm³/mol. The van der Waals surface area contributed by atoms with E-state index in [0.717, 1.165) is 24.0 Å². The number of nitrogens with zero attached hydrogens (tertiary/aromatic N) is 1. The molecule has 2 heteroatoms. The van der Waals surface area contributed by atoms with Crippen LogP contribution in [0.4, 0.5) is 0 Å². The summed E-state index contributed by atoms with van der Waals surface area (Å²) in [6, 6.07) is 10.2. The van der Waals surface area contributed by atoms with Crippen molar-refractivity contribution in [2.24, 2.45) is 0 Å². The van der Waals surface area contributed by atoms with Gasteiger partial charge in [0.15, 0.2) is 0 Å². The third-order valence-electron chi connectivity index (χ3n) is 3.71. The van der Waals surface area contributed by atoms with Gasteiger partial charge >= 0.3 is 0 Å². The van der Waals surface area contributed by atoms with Gasteiger partial charge in [-0.3, -0.25) is 4.98 Å². The van der Waals surface area contributed by atoms with Gasteiger partial charge in [-0.1, -0.05) is 24.3 Å². The molecule has 0 fully saturated rings. The first-order chi connectivity index (χ1) is 8.90. The Bertz CT molecular complexity index is 563. The van der Waals surface area contributed by atoms with Crippen LogP contribution in [0.3, 0.4) is 0 Å². The van der Waals surface area contributed by atoms with Crippen LogP contribution in [0.5, 0.6) is 0 Å². The van der Waals surface area contributed by atoms with E-state index in [0.29, 0.717) is 0 Å². The molecule has 18 heavy (non-hydrogen) atoms. The Morgan fingerprint density at radius 3 is 2.72 bits per heavy atom. The quantitative estimate of drug-likeness (QED) is 0.873. The standard InChI is InChI=1S/C16H17NO/c18-11-12-5-1-2-6-13(12)14-9-10-17-16-8-4-3-7-15(14)16/h1-2,5-6,9-10,18H,3-4,7-8,11H2. The summed E-state index contributed by atoms with van der Waals surface area (Å²) < 4.78 is 0. The number of benzene rings is 1. The summed E-state index contributed by atoms with van der Waals surface area (Å²) in [6.45, 7) is 0.0905. The van der Waals surface area contributed by atoms with Gasteiger partial charge in [0.2, 0.25) is 0 Å². The van der Waals surface area contributed by atoms with Crippen molar-refractivity contribution in [1.29, 1.82) is 0 Å². The molecule has 1 aromatic heterocycles. The molecule has 2 nitrogen and oxygen atoms in total. The van der Waals surface area contributed by atoms with E-state index in [1.807, 2.05) is 24.4 Å². The molecule has 0 unspecified atom stereocenters. The monoisotopic (exact) mass is 239 g/mol. The lowest BCUT2D eigenvalue weighted by Gasteiger charge is -2.19. The minimum absolute atomic E-state index is 0.0905. The lowest BCUT2D eigenvalue weighted by Crippen LogP contribution is -2.07. The minimum Gasteiger partial charge on any atom is -0.392 e. The number of pyridine rings is 1. The average Bonchev–Trinajstić information content (AvgIpc) is 2.46. The summed E-state index contributed by atoms with van der Waals surface area (Å²) in [4.78, 5) is 4.50. The van der Waals surface area contributed by atoms with Crippen LogP contribution in [-0.2, 0) is 19.4 Å². The lowest BCUT2D eigenvalue weighted by molar-refractivity contribution is 0.282. The maximum atomic E-state index is 9.47.